The number of rotatable bonds is 8. The molecule has 2 N–H and O–H groups in total. The first kappa shape index (κ1) is 25.8. The Bertz CT molecular complexity index is 1480. The third-order valence-corrected chi connectivity index (χ3v) is 8.50. The van der Waals surface area contributed by atoms with E-state index in [2.05, 4.69) is 31.8 Å². The van der Waals surface area contributed by atoms with Crippen LogP contribution in [0.5, 0.6) is 0 Å². The van der Waals surface area contributed by atoms with Crippen LogP contribution in [0.4, 0.5) is 11.6 Å². The van der Waals surface area contributed by atoms with Crippen LogP contribution in [0.2, 0.25) is 0 Å². The second-order valence-corrected chi connectivity index (χ2v) is 12.1. The van der Waals surface area contributed by atoms with Gasteiger partial charge in [-0.2, -0.15) is 10.4 Å². The number of anilines is 2. The average Bonchev–Trinajstić information content (AvgIpc) is 3.56. The van der Waals surface area contributed by atoms with E-state index in [9.17, 15) is 18.5 Å². The summed E-state index contributed by atoms with van der Waals surface area (Å²) in [6, 6.07) is 9.62. The molecule has 2 aliphatic rings. The van der Waals surface area contributed by atoms with Gasteiger partial charge in [0.2, 0.25) is 16.0 Å². The van der Waals surface area contributed by atoms with Gasteiger partial charge >= 0.3 is 0 Å². The summed E-state index contributed by atoms with van der Waals surface area (Å²) in [6.45, 7) is 3.27. The summed E-state index contributed by atoms with van der Waals surface area (Å²) in [4.78, 5) is 21.6. The Kier molecular flexibility index (Phi) is 6.90. The van der Waals surface area contributed by atoms with Gasteiger partial charge in [-0.3, -0.25) is 9.48 Å². The van der Waals surface area contributed by atoms with E-state index in [0.29, 0.717) is 44.0 Å². The molecule has 0 spiro atoms. The number of aromatic nitrogens is 4. The molecule has 5 rings (SSSR count). The summed E-state index contributed by atoms with van der Waals surface area (Å²) in [7, 11) is -3.17. The molecule has 198 valence electrons. The Balaban J connectivity index is 1.23. The zero-order chi connectivity index (χ0) is 26.9. The SMILES string of the molecule is Cc1cnc(Nc2cnn(C3CCN(S(C)(=O)=O)CC3)c2)nc1-c1ccc(C(=O)NCC2(C#N)CC2)cc1. The van der Waals surface area contributed by atoms with Crippen molar-refractivity contribution in [3.8, 4) is 17.3 Å². The molecule has 0 bridgehead atoms. The van der Waals surface area contributed by atoms with E-state index in [1.54, 1.807) is 24.5 Å². The van der Waals surface area contributed by atoms with Crippen molar-refractivity contribution in [1.29, 1.82) is 5.26 Å². The van der Waals surface area contributed by atoms with Gasteiger partial charge in [-0.25, -0.2) is 22.7 Å². The first-order valence-electron chi connectivity index (χ1n) is 12.6. The fourth-order valence-corrected chi connectivity index (χ4v) is 5.45. The van der Waals surface area contributed by atoms with E-state index >= 15 is 0 Å². The van der Waals surface area contributed by atoms with Crippen molar-refractivity contribution in [3.63, 3.8) is 0 Å². The summed E-state index contributed by atoms with van der Waals surface area (Å²) in [5, 5.41) is 19.7. The fourth-order valence-electron chi connectivity index (χ4n) is 4.57. The molecule has 0 unspecified atom stereocenters. The summed E-state index contributed by atoms with van der Waals surface area (Å²) < 4.78 is 26.9. The van der Waals surface area contributed by atoms with Crippen molar-refractivity contribution >= 4 is 27.6 Å². The van der Waals surface area contributed by atoms with Crippen LogP contribution in [0, 0.1) is 23.7 Å². The number of nitriles is 1. The zero-order valence-electron chi connectivity index (χ0n) is 21.4. The van der Waals surface area contributed by atoms with Gasteiger partial charge in [0, 0.05) is 43.2 Å². The highest BCUT2D eigenvalue weighted by Crippen LogP contribution is 2.44. The van der Waals surface area contributed by atoms with Crippen LogP contribution in [-0.2, 0) is 10.0 Å². The second kappa shape index (κ2) is 10.2. The molecular weight excluding hydrogens is 504 g/mol. The number of carbonyl (C=O) groups excluding carboxylic acids is 1. The molecule has 38 heavy (non-hydrogen) atoms. The lowest BCUT2D eigenvalue weighted by Crippen LogP contribution is -2.38. The van der Waals surface area contributed by atoms with Gasteiger partial charge in [0.1, 0.15) is 0 Å². The molecule has 2 fully saturated rings. The highest BCUT2D eigenvalue weighted by molar-refractivity contribution is 7.88. The minimum Gasteiger partial charge on any atom is -0.350 e. The first-order chi connectivity index (χ1) is 18.2. The monoisotopic (exact) mass is 534 g/mol. The first-order valence-corrected chi connectivity index (χ1v) is 14.4. The lowest BCUT2D eigenvalue weighted by atomic mass is 10.1. The smallest absolute Gasteiger partial charge is 0.251 e. The number of sulfonamides is 1. The van der Waals surface area contributed by atoms with Crippen LogP contribution in [0.1, 0.15) is 47.6 Å². The normalized spacial score (nSPS) is 17.5. The van der Waals surface area contributed by atoms with Gasteiger partial charge in [0.15, 0.2) is 0 Å². The number of aryl methyl sites for hydroxylation is 1. The van der Waals surface area contributed by atoms with Crippen molar-refractivity contribution in [2.45, 2.75) is 38.6 Å². The highest BCUT2D eigenvalue weighted by atomic mass is 32.2. The maximum atomic E-state index is 12.5. The van der Waals surface area contributed by atoms with Gasteiger partial charge in [-0.05, 0) is 50.3 Å². The van der Waals surface area contributed by atoms with E-state index in [-0.39, 0.29) is 17.4 Å². The Morgan fingerprint density at radius 1 is 1.18 bits per heavy atom. The minimum atomic E-state index is -3.17. The number of carbonyl (C=O) groups is 1. The summed E-state index contributed by atoms with van der Waals surface area (Å²) in [6.07, 6.45) is 9.64. The van der Waals surface area contributed by atoms with E-state index in [4.69, 9.17) is 0 Å². The standard InChI is InChI=1S/C26H30N8O3S/c1-18-13-28-25(31-21-14-30-34(15-21)22-7-11-33(12-8-22)38(2,36)37)32-23(18)19-3-5-20(6-4-19)24(35)29-17-26(16-27)9-10-26/h3-6,13-15,22H,7-12,17H2,1-2H3,(H,29,35)(H,28,31,32). The van der Waals surface area contributed by atoms with E-state index in [0.717, 1.165) is 35.3 Å². The van der Waals surface area contributed by atoms with Crippen molar-refractivity contribution in [2.75, 3.05) is 31.2 Å². The molecule has 11 nitrogen and oxygen atoms in total. The summed E-state index contributed by atoms with van der Waals surface area (Å²) in [5.74, 6) is 0.226. The maximum absolute atomic E-state index is 12.5. The van der Waals surface area contributed by atoms with Gasteiger partial charge in [-0.1, -0.05) is 12.1 Å². The molecule has 1 aliphatic heterocycles. The Labute approximate surface area is 221 Å². The molecule has 1 saturated heterocycles. The summed E-state index contributed by atoms with van der Waals surface area (Å²) >= 11 is 0. The van der Waals surface area contributed by atoms with E-state index in [1.165, 1.54) is 10.6 Å². The predicted molar refractivity (Wildman–Crippen MR) is 142 cm³/mol. The topological polar surface area (TPSA) is 146 Å². The number of hydrogen-bond donors (Lipinski definition) is 2. The highest BCUT2D eigenvalue weighted by Gasteiger charge is 2.43. The van der Waals surface area contributed by atoms with Crippen LogP contribution in [0.15, 0.2) is 42.9 Å². The van der Waals surface area contributed by atoms with Crippen molar-refractivity contribution in [2.24, 2.45) is 5.41 Å². The van der Waals surface area contributed by atoms with E-state index in [1.807, 2.05) is 29.9 Å². The van der Waals surface area contributed by atoms with Crippen molar-refractivity contribution < 1.29 is 13.2 Å². The molecule has 1 amide bonds. The van der Waals surface area contributed by atoms with Crippen molar-refractivity contribution in [1.82, 2.24) is 29.4 Å². The van der Waals surface area contributed by atoms with Crippen LogP contribution >= 0.6 is 0 Å². The molecule has 1 aromatic carbocycles. The largest absolute Gasteiger partial charge is 0.350 e. The maximum Gasteiger partial charge on any atom is 0.251 e. The summed E-state index contributed by atoms with van der Waals surface area (Å²) in [5.41, 5.74) is 3.38. The molecule has 0 atom stereocenters. The quantitative estimate of drug-likeness (QED) is 0.448. The van der Waals surface area contributed by atoms with Crippen molar-refractivity contribution in [3.05, 3.63) is 54.0 Å². The molecule has 2 aromatic heterocycles. The Morgan fingerprint density at radius 2 is 1.89 bits per heavy atom. The number of piperidine rings is 1. The number of hydrogen-bond acceptors (Lipinski definition) is 8. The predicted octanol–water partition coefficient (Wildman–Crippen LogP) is 3.02. The lowest BCUT2D eigenvalue weighted by Gasteiger charge is -2.30. The molecule has 3 aromatic rings. The lowest BCUT2D eigenvalue weighted by molar-refractivity contribution is 0.0948. The number of benzene rings is 1. The average molecular weight is 535 g/mol. The van der Waals surface area contributed by atoms with Crippen LogP contribution in [0.3, 0.4) is 0 Å². The third kappa shape index (κ3) is 5.69. The second-order valence-electron chi connectivity index (χ2n) is 10.1. The van der Waals surface area contributed by atoms with Crippen LogP contribution in [0.25, 0.3) is 11.3 Å². The van der Waals surface area contributed by atoms with E-state index < -0.39 is 10.0 Å². The molecule has 3 heterocycles. The third-order valence-electron chi connectivity index (χ3n) is 7.19. The minimum absolute atomic E-state index is 0.128. The fraction of sp³-hybridized carbons (Fsp3) is 0.423. The van der Waals surface area contributed by atoms with Crippen LogP contribution in [-0.4, -0.2) is 64.3 Å². The number of nitrogens with one attached hydrogen (secondary N) is 2. The Morgan fingerprint density at radius 3 is 2.53 bits per heavy atom. The van der Waals surface area contributed by atoms with Gasteiger partial charge in [-0.15, -0.1) is 0 Å². The molecular formula is C26H30N8O3S. The van der Waals surface area contributed by atoms with Gasteiger partial charge in [0.25, 0.3) is 5.91 Å². The molecule has 0 radical (unpaired) electrons. The molecule has 12 heteroatoms. The Hall–Kier alpha value is -3.82. The number of nitrogens with zero attached hydrogens (tertiary/aromatic N) is 6. The van der Waals surface area contributed by atoms with Gasteiger partial charge < -0.3 is 10.6 Å². The van der Waals surface area contributed by atoms with Gasteiger partial charge in [0.05, 0.1) is 41.4 Å². The van der Waals surface area contributed by atoms with Crippen LogP contribution < -0.4 is 10.6 Å². The molecule has 1 aliphatic carbocycles. The number of amides is 1. The zero-order valence-corrected chi connectivity index (χ0v) is 22.2. The molecule has 1 saturated carbocycles.